The third-order valence-electron chi connectivity index (χ3n) is 4.32. The normalized spacial score (nSPS) is 11.6. The first-order valence-electron chi connectivity index (χ1n) is 9.20. The van der Waals surface area contributed by atoms with Crippen LogP contribution in [0.4, 0.5) is 14.5 Å². The molecule has 0 aliphatic carbocycles. The van der Waals surface area contributed by atoms with Crippen LogP contribution in [0.3, 0.4) is 0 Å². The van der Waals surface area contributed by atoms with E-state index in [9.17, 15) is 18.4 Å². The highest BCUT2D eigenvalue weighted by molar-refractivity contribution is 5.96. The smallest absolute Gasteiger partial charge is 0.340 e. The number of hydrogen-bond donors (Lipinski definition) is 2. The van der Waals surface area contributed by atoms with Crippen molar-refractivity contribution in [3.63, 3.8) is 0 Å². The van der Waals surface area contributed by atoms with Gasteiger partial charge >= 0.3 is 5.97 Å². The van der Waals surface area contributed by atoms with Crippen LogP contribution >= 0.6 is 0 Å². The number of para-hydroxylation sites is 1. The van der Waals surface area contributed by atoms with Crippen molar-refractivity contribution in [2.75, 3.05) is 11.9 Å². The zero-order chi connectivity index (χ0) is 21.5. The SMILES string of the molecule is C[C@H](NC(=O)COC(=O)c1ccccc1NCc1ccco1)c1ccc(F)cc1F. The van der Waals surface area contributed by atoms with Gasteiger partial charge in [0.15, 0.2) is 6.61 Å². The van der Waals surface area contributed by atoms with Gasteiger partial charge in [0.1, 0.15) is 17.4 Å². The molecule has 0 fully saturated rings. The molecule has 0 spiro atoms. The molecule has 0 saturated carbocycles. The predicted molar refractivity (Wildman–Crippen MR) is 106 cm³/mol. The summed E-state index contributed by atoms with van der Waals surface area (Å²) in [6.45, 7) is 1.38. The number of hydrogen-bond acceptors (Lipinski definition) is 5. The number of esters is 1. The molecule has 0 radical (unpaired) electrons. The highest BCUT2D eigenvalue weighted by Gasteiger charge is 2.17. The van der Waals surface area contributed by atoms with E-state index in [0.29, 0.717) is 18.0 Å². The van der Waals surface area contributed by atoms with Crippen molar-refractivity contribution in [3.8, 4) is 0 Å². The lowest BCUT2D eigenvalue weighted by Crippen LogP contribution is -2.31. The van der Waals surface area contributed by atoms with E-state index < -0.39 is 36.2 Å². The van der Waals surface area contributed by atoms with Gasteiger partial charge in [-0.25, -0.2) is 13.6 Å². The third kappa shape index (κ3) is 5.44. The molecule has 2 aromatic carbocycles. The van der Waals surface area contributed by atoms with Crippen molar-refractivity contribution in [1.82, 2.24) is 5.32 Å². The van der Waals surface area contributed by atoms with Crippen LogP contribution in [-0.4, -0.2) is 18.5 Å². The first-order chi connectivity index (χ1) is 14.4. The number of halogens is 2. The van der Waals surface area contributed by atoms with Gasteiger partial charge in [-0.05, 0) is 37.3 Å². The van der Waals surface area contributed by atoms with E-state index in [4.69, 9.17) is 9.15 Å². The summed E-state index contributed by atoms with van der Waals surface area (Å²) < 4.78 is 37.2. The summed E-state index contributed by atoms with van der Waals surface area (Å²) in [5, 5.41) is 5.60. The molecule has 1 amide bonds. The molecule has 30 heavy (non-hydrogen) atoms. The number of carbonyl (C=O) groups excluding carboxylic acids is 2. The fourth-order valence-electron chi connectivity index (χ4n) is 2.83. The number of rotatable bonds is 8. The number of furan rings is 1. The first-order valence-corrected chi connectivity index (χ1v) is 9.20. The Bertz CT molecular complexity index is 1020. The maximum absolute atomic E-state index is 13.8. The Morgan fingerprint density at radius 2 is 1.90 bits per heavy atom. The topological polar surface area (TPSA) is 80.6 Å². The van der Waals surface area contributed by atoms with Gasteiger partial charge in [0.25, 0.3) is 5.91 Å². The maximum Gasteiger partial charge on any atom is 0.340 e. The molecule has 8 heteroatoms. The van der Waals surface area contributed by atoms with Crippen molar-refractivity contribution in [2.45, 2.75) is 19.5 Å². The Labute approximate surface area is 171 Å². The largest absolute Gasteiger partial charge is 0.467 e. The van der Waals surface area contributed by atoms with Crippen LogP contribution in [0.5, 0.6) is 0 Å². The molecule has 1 aromatic heterocycles. The monoisotopic (exact) mass is 414 g/mol. The number of carbonyl (C=O) groups is 2. The molecule has 0 aliphatic rings. The lowest BCUT2D eigenvalue weighted by molar-refractivity contribution is -0.124. The second-order valence-corrected chi connectivity index (χ2v) is 6.51. The van der Waals surface area contributed by atoms with Gasteiger partial charge in [-0.2, -0.15) is 0 Å². The van der Waals surface area contributed by atoms with Crippen molar-refractivity contribution < 1.29 is 27.5 Å². The zero-order valence-corrected chi connectivity index (χ0v) is 16.2. The quantitative estimate of drug-likeness (QED) is 0.540. The molecular weight excluding hydrogens is 394 g/mol. The van der Waals surface area contributed by atoms with Gasteiger partial charge in [0.2, 0.25) is 0 Å². The second-order valence-electron chi connectivity index (χ2n) is 6.51. The fraction of sp³-hybridized carbons (Fsp3) is 0.182. The number of ether oxygens (including phenoxy) is 1. The highest BCUT2D eigenvalue weighted by atomic mass is 19.1. The molecule has 6 nitrogen and oxygen atoms in total. The van der Waals surface area contributed by atoms with Gasteiger partial charge in [-0.15, -0.1) is 0 Å². The van der Waals surface area contributed by atoms with Crippen LogP contribution in [0.25, 0.3) is 0 Å². The molecule has 0 bridgehead atoms. The van der Waals surface area contributed by atoms with Crippen molar-refractivity contribution in [3.05, 3.63) is 89.4 Å². The van der Waals surface area contributed by atoms with Crippen molar-refractivity contribution >= 4 is 17.6 Å². The van der Waals surface area contributed by atoms with Gasteiger partial charge in [-0.1, -0.05) is 18.2 Å². The summed E-state index contributed by atoms with van der Waals surface area (Å²) in [7, 11) is 0. The number of nitrogens with one attached hydrogen (secondary N) is 2. The Morgan fingerprint density at radius 1 is 1.10 bits per heavy atom. The summed E-state index contributed by atoms with van der Waals surface area (Å²) in [4.78, 5) is 24.5. The summed E-state index contributed by atoms with van der Waals surface area (Å²) in [6.07, 6.45) is 1.55. The predicted octanol–water partition coefficient (Wildman–Crippen LogP) is 4.20. The minimum Gasteiger partial charge on any atom is -0.467 e. The Balaban J connectivity index is 1.55. The van der Waals surface area contributed by atoms with Gasteiger partial charge in [0.05, 0.1) is 24.4 Å². The van der Waals surface area contributed by atoms with E-state index in [1.165, 1.54) is 6.07 Å². The zero-order valence-electron chi connectivity index (χ0n) is 16.2. The summed E-state index contributed by atoms with van der Waals surface area (Å²) >= 11 is 0. The first kappa shape index (κ1) is 21.0. The molecule has 1 heterocycles. The van der Waals surface area contributed by atoms with Crippen LogP contribution in [0, 0.1) is 11.6 Å². The van der Waals surface area contributed by atoms with E-state index in [-0.39, 0.29) is 11.1 Å². The minimum atomic E-state index is -0.767. The maximum atomic E-state index is 13.8. The molecule has 2 N–H and O–H groups in total. The highest BCUT2D eigenvalue weighted by Crippen LogP contribution is 2.19. The van der Waals surface area contributed by atoms with E-state index >= 15 is 0 Å². The van der Waals surface area contributed by atoms with Crippen LogP contribution in [0.2, 0.25) is 0 Å². The average Bonchev–Trinajstić information content (AvgIpc) is 3.24. The van der Waals surface area contributed by atoms with E-state index in [2.05, 4.69) is 10.6 Å². The molecule has 1 atom stereocenters. The number of amides is 1. The number of benzene rings is 2. The van der Waals surface area contributed by atoms with Gasteiger partial charge in [0, 0.05) is 17.3 Å². The molecule has 3 aromatic rings. The third-order valence-corrected chi connectivity index (χ3v) is 4.32. The van der Waals surface area contributed by atoms with Gasteiger partial charge < -0.3 is 19.8 Å². The molecule has 0 saturated heterocycles. The molecular formula is C22H20F2N2O4. The standard InChI is InChI=1S/C22H20F2N2O4/c1-14(17-9-8-15(23)11-19(17)24)26-21(27)13-30-22(28)18-6-2-3-7-20(18)25-12-16-5-4-10-29-16/h2-11,14,25H,12-13H2,1H3,(H,26,27)/t14-/m0/s1. The lowest BCUT2D eigenvalue weighted by Gasteiger charge is -2.15. The van der Waals surface area contributed by atoms with Crippen LogP contribution in [0.1, 0.15) is 34.6 Å². The van der Waals surface area contributed by atoms with Crippen molar-refractivity contribution in [2.24, 2.45) is 0 Å². The summed E-state index contributed by atoms with van der Waals surface area (Å²) in [6, 6.07) is 12.6. The van der Waals surface area contributed by atoms with E-state index in [1.54, 1.807) is 49.6 Å². The van der Waals surface area contributed by atoms with Crippen LogP contribution in [0.15, 0.2) is 65.3 Å². The number of anilines is 1. The average molecular weight is 414 g/mol. The Morgan fingerprint density at radius 3 is 2.63 bits per heavy atom. The summed E-state index contributed by atoms with van der Waals surface area (Å²) in [5.41, 5.74) is 0.916. The summed E-state index contributed by atoms with van der Waals surface area (Å²) in [5.74, 6) is -2.08. The second kappa shape index (κ2) is 9.69. The Hall–Kier alpha value is -3.68. The van der Waals surface area contributed by atoms with E-state index in [0.717, 1.165) is 12.1 Å². The molecule has 3 rings (SSSR count). The molecule has 0 unspecified atom stereocenters. The van der Waals surface area contributed by atoms with Crippen LogP contribution in [-0.2, 0) is 16.1 Å². The van der Waals surface area contributed by atoms with E-state index in [1.807, 2.05) is 0 Å². The fourth-order valence-corrected chi connectivity index (χ4v) is 2.83. The molecule has 0 aliphatic heterocycles. The minimum absolute atomic E-state index is 0.128. The van der Waals surface area contributed by atoms with Crippen molar-refractivity contribution in [1.29, 1.82) is 0 Å². The lowest BCUT2D eigenvalue weighted by atomic mass is 10.1. The Kier molecular flexibility index (Phi) is 6.79. The van der Waals surface area contributed by atoms with Gasteiger partial charge in [-0.3, -0.25) is 4.79 Å². The van der Waals surface area contributed by atoms with Crippen LogP contribution < -0.4 is 10.6 Å². The molecule has 156 valence electrons.